The summed E-state index contributed by atoms with van der Waals surface area (Å²) in [6, 6.07) is 7.70. The van der Waals surface area contributed by atoms with Crippen LogP contribution in [-0.4, -0.2) is 90.9 Å². The first-order valence-corrected chi connectivity index (χ1v) is 17.8. The number of hydrogen-bond donors (Lipinski definition) is 1. The molecule has 216 valence electrons. The minimum atomic E-state index is -4.21. The topological polar surface area (TPSA) is 166 Å². The molecule has 0 saturated carbocycles. The molecule has 1 aromatic carbocycles. The fraction of sp³-hybridized carbons (Fsp3) is 0.500. The second-order valence-electron chi connectivity index (χ2n) is 9.06. The number of nitrogens with zero attached hydrogens (tertiary/aromatic N) is 2. The highest BCUT2D eigenvalue weighted by Gasteiger charge is 2.43. The van der Waals surface area contributed by atoms with E-state index in [4.69, 9.17) is 13.8 Å². The van der Waals surface area contributed by atoms with E-state index in [1.54, 1.807) is 18.2 Å². The van der Waals surface area contributed by atoms with Gasteiger partial charge in [-0.05, 0) is 54.8 Å². The van der Waals surface area contributed by atoms with Gasteiger partial charge in [0.05, 0.1) is 12.5 Å². The molecule has 3 heterocycles. The summed E-state index contributed by atoms with van der Waals surface area (Å²) in [5.41, 5.74) is 2.88. The van der Waals surface area contributed by atoms with Crippen molar-refractivity contribution in [2.75, 3.05) is 38.8 Å². The van der Waals surface area contributed by atoms with Crippen molar-refractivity contribution < 1.29 is 43.8 Å². The van der Waals surface area contributed by atoms with E-state index < -0.39 is 48.4 Å². The van der Waals surface area contributed by atoms with Gasteiger partial charge in [0.2, 0.25) is 10.0 Å². The Labute approximate surface area is 231 Å². The normalized spacial score (nSPS) is 21.9. The maximum Gasteiger partial charge on any atom is 0.306 e. The van der Waals surface area contributed by atoms with Gasteiger partial charge in [0, 0.05) is 37.5 Å². The van der Waals surface area contributed by atoms with Crippen molar-refractivity contribution in [3.63, 3.8) is 0 Å². The second-order valence-corrected chi connectivity index (χ2v) is 15.8. The molecule has 13 nitrogen and oxygen atoms in total. The second kappa shape index (κ2) is 11.8. The summed E-state index contributed by atoms with van der Waals surface area (Å²) in [5, 5.41) is 0. The van der Waals surface area contributed by atoms with Crippen LogP contribution >= 0.6 is 11.3 Å². The van der Waals surface area contributed by atoms with Crippen LogP contribution in [0.2, 0.25) is 0 Å². The largest absolute Gasteiger partial charge is 0.383 e. The van der Waals surface area contributed by atoms with E-state index in [0.29, 0.717) is 23.5 Å². The number of thiophene rings is 1. The maximum absolute atomic E-state index is 13.7. The number of carbonyl (C=O) groups is 1. The van der Waals surface area contributed by atoms with Crippen molar-refractivity contribution in [2.45, 2.75) is 35.8 Å². The van der Waals surface area contributed by atoms with Crippen molar-refractivity contribution in [1.82, 2.24) is 14.1 Å². The fourth-order valence-electron chi connectivity index (χ4n) is 4.12. The molecule has 39 heavy (non-hydrogen) atoms. The average molecular weight is 624 g/mol. The van der Waals surface area contributed by atoms with Gasteiger partial charge in [-0.25, -0.2) is 27.2 Å². The third-order valence-electron chi connectivity index (χ3n) is 6.03. The number of carbonyl (C=O) groups excluding carboxylic acids is 1. The Hall–Kier alpha value is -2.12. The molecular formula is C22H29N3O10S4. The fourth-order valence-corrected chi connectivity index (χ4v) is 8.42. The number of ether oxygens (including phenoxy) is 1. The van der Waals surface area contributed by atoms with E-state index in [-0.39, 0.29) is 29.6 Å². The molecule has 0 radical (unpaired) electrons. The zero-order valence-corrected chi connectivity index (χ0v) is 24.4. The average Bonchev–Trinajstić information content (AvgIpc) is 3.38. The molecular weight excluding hydrogens is 595 g/mol. The molecule has 2 aliphatic heterocycles. The molecule has 2 aromatic rings. The number of sulfonamides is 2. The number of piperazine rings is 1. The Morgan fingerprint density at radius 1 is 1.00 bits per heavy atom. The number of nitrogens with one attached hydrogen (secondary N) is 1. The summed E-state index contributed by atoms with van der Waals surface area (Å²) in [6.45, 7) is -0.258. The molecule has 2 aliphatic rings. The van der Waals surface area contributed by atoms with Gasteiger partial charge < -0.3 is 8.92 Å². The smallest absolute Gasteiger partial charge is 0.306 e. The van der Waals surface area contributed by atoms with E-state index in [1.165, 1.54) is 18.2 Å². The van der Waals surface area contributed by atoms with Crippen molar-refractivity contribution >= 4 is 47.4 Å². The Balaban J connectivity index is 1.55. The predicted octanol–water partition coefficient (Wildman–Crippen LogP) is 0.962. The van der Waals surface area contributed by atoms with Gasteiger partial charge in [-0.1, -0.05) is 0 Å². The van der Waals surface area contributed by atoms with E-state index in [0.717, 1.165) is 45.3 Å². The van der Waals surface area contributed by atoms with Crippen LogP contribution in [0.3, 0.4) is 0 Å². The molecule has 17 heteroatoms. The highest BCUT2D eigenvalue weighted by molar-refractivity contribution is 7.91. The van der Waals surface area contributed by atoms with Crippen molar-refractivity contribution in [2.24, 2.45) is 0 Å². The van der Waals surface area contributed by atoms with Crippen molar-refractivity contribution in [3.05, 3.63) is 36.4 Å². The van der Waals surface area contributed by atoms with Gasteiger partial charge in [-0.2, -0.15) is 17.0 Å². The van der Waals surface area contributed by atoms with Crippen LogP contribution in [-0.2, 0) is 44.5 Å². The molecule has 1 N–H and O–H groups in total. The lowest BCUT2D eigenvalue weighted by Crippen LogP contribution is -2.61. The molecule has 2 atom stereocenters. The van der Waals surface area contributed by atoms with Crippen LogP contribution in [0.1, 0.15) is 19.3 Å². The molecule has 0 spiro atoms. The summed E-state index contributed by atoms with van der Waals surface area (Å²) in [6.07, 6.45) is 3.53. The van der Waals surface area contributed by atoms with Crippen molar-refractivity contribution in [3.8, 4) is 16.2 Å². The van der Waals surface area contributed by atoms with Gasteiger partial charge in [0.25, 0.3) is 15.9 Å². The van der Waals surface area contributed by atoms with Crippen LogP contribution in [0.25, 0.3) is 10.4 Å². The Morgan fingerprint density at radius 3 is 2.33 bits per heavy atom. The molecule has 0 bridgehead atoms. The molecule has 2 fully saturated rings. The lowest BCUT2D eigenvalue weighted by molar-refractivity contribution is -0.202. The Morgan fingerprint density at radius 2 is 1.72 bits per heavy atom. The van der Waals surface area contributed by atoms with Crippen molar-refractivity contribution in [1.29, 1.82) is 0 Å². The first kappa shape index (κ1) is 29.9. The predicted molar refractivity (Wildman–Crippen MR) is 142 cm³/mol. The molecule has 2 unspecified atom stereocenters. The summed E-state index contributed by atoms with van der Waals surface area (Å²) in [4.78, 5) is 19.0. The molecule has 1 amide bonds. The Kier molecular flexibility index (Phi) is 9.02. The third-order valence-corrected chi connectivity index (χ3v) is 11.3. The molecule has 2 saturated heterocycles. The summed E-state index contributed by atoms with van der Waals surface area (Å²) in [5.74, 6) is -0.691. The lowest BCUT2D eigenvalue weighted by Gasteiger charge is -2.38. The highest BCUT2D eigenvalue weighted by Crippen LogP contribution is 2.34. The molecule has 4 rings (SSSR count). The quantitative estimate of drug-likeness (QED) is 0.314. The van der Waals surface area contributed by atoms with Crippen LogP contribution in [0, 0.1) is 0 Å². The van der Waals surface area contributed by atoms with Gasteiger partial charge >= 0.3 is 10.1 Å². The number of benzene rings is 1. The number of hydrogen-bond acceptors (Lipinski definition) is 11. The monoisotopic (exact) mass is 623 g/mol. The van der Waals surface area contributed by atoms with E-state index in [1.807, 2.05) is 0 Å². The number of amides is 1. The SMILES string of the molecule is CS(=O)(=O)Oc1ccc(-c2ccc(S(=O)(=O)N3CCN(S(C)(=O)=O)CC3C(=O)NOC3CCCCO3)s2)cc1. The van der Waals surface area contributed by atoms with Crippen LogP contribution in [0.15, 0.2) is 40.6 Å². The van der Waals surface area contributed by atoms with Crippen LogP contribution in [0.5, 0.6) is 5.75 Å². The molecule has 0 aliphatic carbocycles. The van der Waals surface area contributed by atoms with Crippen LogP contribution < -0.4 is 9.66 Å². The zero-order chi connectivity index (χ0) is 28.4. The van der Waals surface area contributed by atoms with Gasteiger partial charge in [0.15, 0.2) is 6.29 Å². The molecule has 1 aromatic heterocycles. The standard InChI is InChI=1S/C22H29N3O10S4/c1-37(27,28)24-12-13-25(18(15-24)22(26)23-34-20-5-3-4-14-33-20)39(31,32)21-11-10-19(36-21)16-6-8-17(9-7-16)35-38(2,29)30/h6-11,18,20H,3-5,12-15H2,1-2H3,(H,23,26). The van der Waals surface area contributed by atoms with Gasteiger partial charge in [0.1, 0.15) is 16.0 Å². The summed E-state index contributed by atoms with van der Waals surface area (Å²) < 4.78 is 86.6. The third kappa shape index (κ3) is 7.55. The number of rotatable bonds is 9. The van der Waals surface area contributed by atoms with E-state index in [2.05, 4.69) is 5.48 Å². The van der Waals surface area contributed by atoms with E-state index >= 15 is 0 Å². The maximum atomic E-state index is 13.7. The van der Waals surface area contributed by atoms with E-state index in [9.17, 15) is 30.0 Å². The Bertz CT molecular complexity index is 1500. The van der Waals surface area contributed by atoms with Gasteiger partial charge in [-0.3, -0.25) is 4.79 Å². The summed E-state index contributed by atoms with van der Waals surface area (Å²) in [7, 11) is -11.6. The number of hydroxylamine groups is 1. The first-order valence-electron chi connectivity index (χ1n) is 11.9. The lowest BCUT2D eigenvalue weighted by atomic mass is 10.2. The summed E-state index contributed by atoms with van der Waals surface area (Å²) >= 11 is 0.958. The minimum absolute atomic E-state index is 0.0453. The zero-order valence-electron chi connectivity index (χ0n) is 21.2. The minimum Gasteiger partial charge on any atom is -0.383 e. The highest BCUT2D eigenvalue weighted by atomic mass is 32.2. The first-order chi connectivity index (χ1) is 18.2. The van der Waals surface area contributed by atoms with Crippen LogP contribution in [0.4, 0.5) is 0 Å². The van der Waals surface area contributed by atoms with Gasteiger partial charge in [-0.15, -0.1) is 11.3 Å².